The van der Waals surface area contributed by atoms with Crippen LogP contribution in [0, 0.1) is 11.6 Å². The third-order valence-electron chi connectivity index (χ3n) is 2.90. The molecule has 1 aromatic carbocycles. The molecular weight excluding hydrogens is 372 g/mol. The van der Waals surface area contributed by atoms with Crippen molar-refractivity contribution in [1.29, 1.82) is 0 Å². The van der Waals surface area contributed by atoms with Gasteiger partial charge in [0.1, 0.15) is 11.4 Å². The predicted molar refractivity (Wildman–Crippen MR) is 85.7 cm³/mol. The molecule has 124 valence electrons. The van der Waals surface area contributed by atoms with Crippen molar-refractivity contribution in [3.63, 3.8) is 0 Å². The second-order valence-corrected chi connectivity index (χ2v) is 6.78. The fourth-order valence-electron chi connectivity index (χ4n) is 2.00. The van der Waals surface area contributed by atoms with Gasteiger partial charge in [0.15, 0.2) is 11.6 Å². The molecular formula is C16H16BrF2NO3. The van der Waals surface area contributed by atoms with Gasteiger partial charge in [-0.1, -0.05) is 0 Å². The number of nitrogens with zero attached hydrogens (tertiary/aromatic N) is 1. The lowest BCUT2D eigenvalue weighted by Crippen LogP contribution is -2.27. The highest BCUT2D eigenvalue weighted by atomic mass is 79.9. The van der Waals surface area contributed by atoms with Gasteiger partial charge >= 0.3 is 6.09 Å². The van der Waals surface area contributed by atoms with Crippen molar-refractivity contribution in [2.24, 2.45) is 0 Å². The SMILES string of the molecule is COc1cc(F)c(F)cc1-c1cc(Br)cn1C(=O)OC(C)(C)C. The Morgan fingerprint density at radius 1 is 1.17 bits per heavy atom. The van der Waals surface area contributed by atoms with E-state index in [1.54, 1.807) is 26.8 Å². The fourth-order valence-corrected chi connectivity index (χ4v) is 2.42. The van der Waals surface area contributed by atoms with E-state index in [0.717, 1.165) is 12.1 Å². The molecule has 23 heavy (non-hydrogen) atoms. The lowest BCUT2D eigenvalue weighted by molar-refractivity contribution is 0.0540. The van der Waals surface area contributed by atoms with Crippen LogP contribution in [-0.4, -0.2) is 23.4 Å². The standard InChI is InChI=1S/C16H16BrF2NO3/c1-16(2,3)23-15(21)20-8-9(17)5-13(20)10-6-11(18)12(19)7-14(10)22-4/h5-8H,1-4H3. The molecule has 0 saturated carbocycles. The maximum atomic E-state index is 13.6. The van der Waals surface area contributed by atoms with E-state index in [0.29, 0.717) is 10.2 Å². The number of methoxy groups -OCH3 is 1. The Balaban J connectivity index is 2.57. The molecule has 2 aromatic rings. The van der Waals surface area contributed by atoms with Crippen molar-refractivity contribution in [3.05, 3.63) is 40.5 Å². The molecule has 0 unspecified atom stereocenters. The minimum absolute atomic E-state index is 0.110. The third-order valence-corrected chi connectivity index (χ3v) is 3.33. The summed E-state index contributed by atoms with van der Waals surface area (Å²) >= 11 is 3.27. The van der Waals surface area contributed by atoms with Crippen molar-refractivity contribution < 1.29 is 23.0 Å². The van der Waals surface area contributed by atoms with E-state index in [1.807, 2.05) is 0 Å². The van der Waals surface area contributed by atoms with Crippen LogP contribution in [0.2, 0.25) is 0 Å². The van der Waals surface area contributed by atoms with E-state index in [1.165, 1.54) is 17.9 Å². The molecule has 0 aliphatic carbocycles. The summed E-state index contributed by atoms with van der Waals surface area (Å²) in [5.41, 5.74) is -0.131. The van der Waals surface area contributed by atoms with E-state index in [2.05, 4.69) is 15.9 Å². The van der Waals surface area contributed by atoms with E-state index in [9.17, 15) is 13.6 Å². The lowest BCUT2D eigenvalue weighted by Gasteiger charge is -2.20. The van der Waals surface area contributed by atoms with Gasteiger partial charge in [-0.3, -0.25) is 4.57 Å². The first-order valence-corrected chi connectivity index (χ1v) is 7.56. The number of ether oxygens (including phenoxy) is 2. The summed E-state index contributed by atoms with van der Waals surface area (Å²) in [6, 6.07) is 3.51. The minimum atomic E-state index is -1.03. The quantitative estimate of drug-likeness (QED) is 0.728. The van der Waals surface area contributed by atoms with Crippen molar-refractivity contribution in [2.45, 2.75) is 26.4 Å². The van der Waals surface area contributed by atoms with Gasteiger partial charge in [0.05, 0.1) is 12.8 Å². The van der Waals surface area contributed by atoms with E-state index in [4.69, 9.17) is 9.47 Å². The van der Waals surface area contributed by atoms with Crippen LogP contribution in [0.1, 0.15) is 20.8 Å². The Labute approximate surface area is 141 Å². The highest BCUT2D eigenvalue weighted by molar-refractivity contribution is 9.10. The summed E-state index contributed by atoms with van der Waals surface area (Å²) in [5, 5.41) is 0. The first-order chi connectivity index (χ1) is 10.6. The molecule has 4 nitrogen and oxygen atoms in total. The molecule has 0 fully saturated rings. The maximum Gasteiger partial charge on any atom is 0.419 e. The summed E-state index contributed by atoms with van der Waals surface area (Å²) in [4.78, 5) is 12.3. The van der Waals surface area contributed by atoms with Gasteiger partial charge in [-0.25, -0.2) is 13.6 Å². The van der Waals surface area contributed by atoms with Crippen molar-refractivity contribution in [2.75, 3.05) is 7.11 Å². The van der Waals surface area contributed by atoms with Gasteiger partial charge in [0, 0.05) is 22.3 Å². The lowest BCUT2D eigenvalue weighted by atomic mass is 10.1. The molecule has 0 aliphatic rings. The first-order valence-electron chi connectivity index (χ1n) is 6.77. The smallest absolute Gasteiger partial charge is 0.419 e. The summed E-state index contributed by atoms with van der Waals surface area (Å²) in [5.74, 6) is -1.95. The summed E-state index contributed by atoms with van der Waals surface area (Å²) in [7, 11) is 1.34. The zero-order chi connectivity index (χ0) is 17.4. The average molecular weight is 388 g/mol. The Bertz CT molecular complexity index is 751. The topological polar surface area (TPSA) is 40.5 Å². The fraction of sp³-hybridized carbons (Fsp3) is 0.312. The predicted octanol–water partition coefficient (Wildman–Crippen LogP) is 4.99. The van der Waals surface area contributed by atoms with Gasteiger partial charge in [0.25, 0.3) is 0 Å². The van der Waals surface area contributed by atoms with Crippen LogP contribution in [0.25, 0.3) is 11.3 Å². The number of rotatable bonds is 2. The number of hydrogen-bond acceptors (Lipinski definition) is 3. The molecule has 0 N–H and O–H groups in total. The second-order valence-electron chi connectivity index (χ2n) is 5.86. The molecule has 0 bridgehead atoms. The van der Waals surface area contributed by atoms with Crippen LogP contribution in [-0.2, 0) is 4.74 Å². The second kappa shape index (κ2) is 6.31. The largest absolute Gasteiger partial charge is 0.496 e. The normalized spacial score (nSPS) is 11.4. The van der Waals surface area contributed by atoms with Gasteiger partial charge in [-0.2, -0.15) is 0 Å². The van der Waals surface area contributed by atoms with Gasteiger partial charge < -0.3 is 9.47 Å². The van der Waals surface area contributed by atoms with E-state index >= 15 is 0 Å². The van der Waals surface area contributed by atoms with Crippen LogP contribution < -0.4 is 4.74 Å². The molecule has 1 heterocycles. The van der Waals surface area contributed by atoms with Gasteiger partial charge in [-0.15, -0.1) is 0 Å². The van der Waals surface area contributed by atoms with Crippen LogP contribution in [0.5, 0.6) is 5.75 Å². The van der Waals surface area contributed by atoms with Gasteiger partial charge in [-0.05, 0) is 48.8 Å². The number of halogens is 3. The Kier molecular flexibility index (Phi) is 4.79. The molecule has 2 rings (SSSR count). The van der Waals surface area contributed by atoms with Gasteiger partial charge in [0.2, 0.25) is 0 Å². The number of carbonyl (C=O) groups is 1. The first kappa shape index (κ1) is 17.5. The summed E-state index contributed by atoms with van der Waals surface area (Å²) < 4.78 is 39.2. The molecule has 0 amide bonds. The summed E-state index contributed by atoms with van der Waals surface area (Å²) in [6.07, 6.45) is 0.856. The van der Waals surface area contributed by atoms with Crippen LogP contribution in [0.4, 0.5) is 13.6 Å². The number of benzene rings is 1. The zero-order valence-electron chi connectivity index (χ0n) is 13.1. The Morgan fingerprint density at radius 2 is 1.78 bits per heavy atom. The highest BCUT2D eigenvalue weighted by Gasteiger charge is 2.23. The van der Waals surface area contributed by atoms with Crippen molar-refractivity contribution in [1.82, 2.24) is 4.57 Å². The molecule has 0 saturated heterocycles. The Hall–Kier alpha value is -1.89. The molecule has 0 radical (unpaired) electrons. The molecule has 0 aliphatic heterocycles. The number of hydrogen-bond donors (Lipinski definition) is 0. The highest BCUT2D eigenvalue weighted by Crippen LogP contribution is 2.34. The monoisotopic (exact) mass is 387 g/mol. The number of aromatic nitrogens is 1. The molecule has 0 spiro atoms. The molecule has 7 heteroatoms. The van der Waals surface area contributed by atoms with Crippen LogP contribution >= 0.6 is 15.9 Å². The minimum Gasteiger partial charge on any atom is -0.496 e. The average Bonchev–Trinajstić information content (AvgIpc) is 2.81. The Morgan fingerprint density at radius 3 is 2.35 bits per heavy atom. The van der Waals surface area contributed by atoms with Crippen molar-refractivity contribution in [3.8, 4) is 17.0 Å². The summed E-state index contributed by atoms with van der Waals surface area (Å²) in [6.45, 7) is 5.21. The third kappa shape index (κ3) is 3.90. The van der Waals surface area contributed by atoms with Crippen molar-refractivity contribution >= 4 is 22.0 Å². The number of carbonyl (C=O) groups excluding carboxylic acids is 1. The van der Waals surface area contributed by atoms with Crippen LogP contribution in [0.3, 0.4) is 0 Å². The maximum absolute atomic E-state index is 13.6. The molecule has 1 aromatic heterocycles. The van der Waals surface area contributed by atoms with E-state index < -0.39 is 23.3 Å². The van der Waals surface area contributed by atoms with Crippen LogP contribution in [0.15, 0.2) is 28.9 Å². The zero-order valence-corrected chi connectivity index (χ0v) is 14.7. The molecule has 0 atom stereocenters. The van der Waals surface area contributed by atoms with E-state index in [-0.39, 0.29) is 11.3 Å².